The minimum atomic E-state index is -2.94. The van der Waals surface area contributed by atoms with Crippen molar-refractivity contribution in [2.45, 2.75) is 26.3 Å². The summed E-state index contributed by atoms with van der Waals surface area (Å²) < 4.78 is 28.1. The van der Waals surface area contributed by atoms with E-state index in [0.29, 0.717) is 13.0 Å². The molecule has 0 heterocycles. The molecule has 0 spiro atoms. The van der Waals surface area contributed by atoms with Crippen molar-refractivity contribution in [1.82, 2.24) is 5.32 Å². The van der Waals surface area contributed by atoms with Gasteiger partial charge < -0.3 is 10.1 Å². The monoisotopic (exact) mass is 285 g/mol. The highest BCUT2D eigenvalue weighted by Crippen LogP contribution is 2.22. The number of nitrogens with one attached hydrogen (secondary N) is 1. The molecule has 0 aliphatic heterocycles. The van der Waals surface area contributed by atoms with E-state index in [9.17, 15) is 8.42 Å². The molecule has 5 heteroatoms. The van der Waals surface area contributed by atoms with Crippen LogP contribution in [-0.4, -0.2) is 33.6 Å². The molecule has 0 radical (unpaired) electrons. The third-order valence-electron chi connectivity index (χ3n) is 2.80. The van der Waals surface area contributed by atoms with Gasteiger partial charge in [-0.2, -0.15) is 0 Å². The van der Waals surface area contributed by atoms with Crippen LogP contribution in [0.15, 0.2) is 24.3 Å². The first-order valence-corrected chi connectivity index (χ1v) is 8.66. The zero-order chi connectivity index (χ0) is 14.3. The van der Waals surface area contributed by atoms with Crippen LogP contribution in [0.4, 0.5) is 0 Å². The molecule has 19 heavy (non-hydrogen) atoms. The maximum absolute atomic E-state index is 11.3. The fourth-order valence-corrected chi connectivity index (χ4v) is 2.62. The topological polar surface area (TPSA) is 55.4 Å². The molecular formula is C14H23NO3S. The van der Waals surface area contributed by atoms with E-state index in [4.69, 9.17) is 4.74 Å². The van der Waals surface area contributed by atoms with E-state index in [0.717, 1.165) is 17.9 Å². The van der Waals surface area contributed by atoms with Crippen molar-refractivity contribution in [3.05, 3.63) is 29.8 Å². The Kier molecular flexibility index (Phi) is 6.31. The average molecular weight is 285 g/mol. The molecule has 0 saturated carbocycles. The highest BCUT2D eigenvalue weighted by atomic mass is 32.2. The van der Waals surface area contributed by atoms with Crippen LogP contribution in [0.25, 0.3) is 0 Å². The van der Waals surface area contributed by atoms with Crippen LogP contribution in [-0.2, 0) is 9.84 Å². The molecule has 0 aliphatic rings. The summed E-state index contributed by atoms with van der Waals surface area (Å²) in [4.78, 5) is 0. The van der Waals surface area contributed by atoms with Crippen LogP contribution >= 0.6 is 0 Å². The Morgan fingerprint density at radius 2 is 2.05 bits per heavy atom. The zero-order valence-electron chi connectivity index (χ0n) is 11.8. The number of hydrogen-bond donors (Lipinski definition) is 1. The first-order valence-electron chi connectivity index (χ1n) is 6.60. The third kappa shape index (κ3) is 6.07. The molecule has 108 valence electrons. The third-order valence-corrected chi connectivity index (χ3v) is 3.78. The Hall–Kier alpha value is -1.07. The summed E-state index contributed by atoms with van der Waals surface area (Å²) in [5.74, 6) is 1.01. The van der Waals surface area contributed by atoms with Gasteiger partial charge in [0, 0.05) is 12.3 Å². The second-order valence-electron chi connectivity index (χ2n) is 4.53. The van der Waals surface area contributed by atoms with E-state index >= 15 is 0 Å². The van der Waals surface area contributed by atoms with Gasteiger partial charge in [0.1, 0.15) is 15.6 Å². The van der Waals surface area contributed by atoms with Crippen molar-refractivity contribution in [2.75, 3.05) is 25.2 Å². The van der Waals surface area contributed by atoms with Gasteiger partial charge in [-0.05, 0) is 37.6 Å². The molecule has 1 N–H and O–H groups in total. The Labute approximate surface area is 116 Å². The highest BCUT2D eigenvalue weighted by molar-refractivity contribution is 7.90. The normalized spacial score (nSPS) is 13.2. The average Bonchev–Trinajstić information content (AvgIpc) is 2.34. The molecule has 0 aliphatic carbocycles. The number of ether oxygens (including phenoxy) is 1. The maximum Gasteiger partial charge on any atom is 0.147 e. The number of hydrogen-bond acceptors (Lipinski definition) is 4. The molecule has 4 nitrogen and oxygen atoms in total. The van der Waals surface area contributed by atoms with E-state index < -0.39 is 9.84 Å². The van der Waals surface area contributed by atoms with Gasteiger partial charge in [0.25, 0.3) is 0 Å². The van der Waals surface area contributed by atoms with Gasteiger partial charge in [-0.1, -0.05) is 19.1 Å². The lowest BCUT2D eigenvalue weighted by atomic mass is 10.0. The lowest BCUT2D eigenvalue weighted by Crippen LogP contribution is -2.23. The molecule has 0 bridgehead atoms. The summed E-state index contributed by atoms with van der Waals surface area (Å²) in [6, 6.07) is 7.86. The van der Waals surface area contributed by atoms with Crippen LogP contribution < -0.4 is 10.1 Å². The zero-order valence-corrected chi connectivity index (χ0v) is 12.7. The largest absolute Gasteiger partial charge is 0.494 e. The van der Waals surface area contributed by atoms with Crippen molar-refractivity contribution in [1.29, 1.82) is 0 Å². The van der Waals surface area contributed by atoms with E-state index in [1.165, 1.54) is 6.26 Å². The number of rotatable bonds is 8. The Morgan fingerprint density at radius 1 is 1.32 bits per heavy atom. The van der Waals surface area contributed by atoms with Crippen molar-refractivity contribution in [3.8, 4) is 5.75 Å². The number of sulfone groups is 1. The Balaban J connectivity index is 2.82. The van der Waals surface area contributed by atoms with Crippen LogP contribution in [0.5, 0.6) is 5.75 Å². The number of benzene rings is 1. The van der Waals surface area contributed by atoms with Gasteiger partial charge in [-0.3, -0.25) is 0 Å². The highest BCUT2D eigenvalue weighted by Gasteiger charge is 2.14. The summed E-state index contributed by atoms with van der Waals surface area (Å²) in [6.45, 7) is 5.38. The molecule has 1 atom stereocenters. The van der Waals surface area contributed by atoms with Crippen LogP contribution in [0.2, 0.25) is 0 Å². The van der Waals surface area contributed by atoms with Gasteiger partial charge in [-0.25, -0.2) is 8.42 Å². The van der Waals surface area contributed by atoms with Crippen molar-refractivity contribution in [2.24, 2.45) is 0 Å². The van der Waals surface area contributed by atoms with Crippen molar-refractivity contribution >= 4 is 9.84 Å². The summed E-state index contributed by atoms with van der Waals surface area (Å²) in [5.41, 5.74) is 1.07. The molecular weight excluding hydrogens is 262 g/mol. The van der Waals surface area contributed by atoms with E-state index in [2.05, 4.69) is 5.32 Å². The van der Waals surface area contributed by atoms with E-state index in [1.807, 2.05) is 38.1 Å². The summed E-state index contributed by atoms with van der Waals surface area (Å²) >= 11 is 0. The molecule has 1 aromatic carbocycles. The second-order valence-corrected chi connectivity index (χ2v) is 6.79. The predicted molar refractivity (Wildman–Crippen MR) is 78.4 cm³/mol. The van der Waals surface area contributed by atoms with Crippen LogP contribution in [0.1, 0.15) is 31.9 Å². The molecule has 1 rings (SSSR count). The lowest BCUT2D eigenvalue weighted by molar-refractivity contribution is 0.339. The lowest BCUT2D eigenvalue weighted by Gasteiger charge is -2.18. The standard InChI is InChI=1S/C14H23NO3S/c1-4-15-14(9-10-19(3,16)17)12-7-6-8-13(11-12)18-5-2/h6-8,11,14-15H,4-5,9-10H2,1-3H3. The van der Waals surface area contributed by atoms with E-state index in [1.54, 1.807) is 0 Å². The van der Waals surface area contributed by atoms with Gasteiger partial charge >= 0.3 is 0 Å². The van der Waals surface area contributed by atoms with Crippen LogP contribution in [0, 0.1) is 0 Å². The first kappa shape index (κ1) is 16.0. The summed E-state index contributed by atoms with van der Waals surface area (Å²) in [6.07, 6.45) is 1.84. The quantitative estimate of drug-likeness (QED) is 0.795. The maximum atomic E-state index is 11.3. The SMILES string of the molecule is CCNC(CCS(C)(=O)=O)c1cccc(OCC)c1. The van der Waals surface area contributed by atoms with Crippen LogP contribution in [0.3, 0.4) is 0 Å². The predicted octanol–water partition coefficient (Wildman–Crippen LogP) is 2.17. The Bertz CT molecular complexity index is 485. The van der Waals surface area contributed by atoms with Crippen molar-refractivity contribution < 1.29 is 13.2 Å². The minimum absolute atomic E-state index is 0.0418. The van der Waals surface area contributed by atoms with Gasteiger partial charge in [0.15, 0.2) is 0 Å². The minimum Gasteiger partial charge on any atom is -0.494 e. The summed E-state index contributed by atoms with van der Waals surface area (Å²) in [7, 11) is -2.94. The Morgan fingerprint density at radius 3 is 2.63 bits per heavy atom. The first-order chi connectivity index (χ1) is 8.96. The molecule has 0 saturated heterocycles. The fraction of sp³-hybridized carbons (Fsp3) is 0.571. The van der Waals surface area contributed by atoms with Gasteiger partial charge in [0.2, 0.25) is 0 Å². The smallest absolute Gasteiger partial charge is 0.147 e. The molecule has 1 aromatic rings. The molecule has 0 fully saturated rings. The molecule has 1 unspecified atom stereocenters. The second kappa shape index (κ2) is 7.50. The summed E-state index contributed by atoms with van der Waals surface area (Å²) in [5, 5.41) is 3.32. The molecule has 0 aromatic heterocycles. The van der Waals surface area contributed by atoms with Gasteiger partial charge in [-0.15, -0.1) is 0 Å². The van der Waals surface area contributed by atoms with E-state index in [-0.39, 0.29) is 11.8 Å². The van der Waals surface area contributed by atoms with Crippen molar-refractivity contribution in [3.63, 3.8) is 0 Å². The fourth-order valence-electron chi connectivity index (χ4n) is 1.95. The van der Waals surface area contributed by atoms with Gasteiger partial charge in [0.05, 0.1) is 12.4 Å². The molecule has 0 amide bonds.